The molecule has 39 heavy (non-hydrogen) atoms. The van der Waals surface area contributed by atoms with Crippen molar-refractivity contribution in [3.63, 3.8) is 0 Å². The highest BCUT2D eigenvalue weighted by atomic mass is 19.1. The highest BCUT2D eigenvalue weighted by Crippen LogP contribution is 2.38. The first kappa shape index (κ1) is 26.0. The molecule has 0 saturated heterocycles. The van der Waals surface area contributed by atoms with E-state index in [4.69, 9.17) is 29.3 Å². The number of carbonyl (C=O) groups excluding carboxylic acids is 2. The van der Waals surface area contributed by atoms with E-state index in [1.807, 2.05) is 0 Å². The summed E-state index contributed by atoms with van der Waals surface area (Å²) in [5.41, 5.74) is 5.49. The van der Waals surface area contributed by atoms with Crippen LogP contribution in [0.5, 0.6) is 5.75 Å². The molecule has 0 aliphatic rings. The van der Waals surface area contributed by atoms with E-state index in [9.17, 15) is 14.0 Å². The topological polar surface area (TPSA) is 126 Å². The van der Waals surface area contributed by atoms with Crippen LogP contribution >= 0.6 is 0 Å². The Balaban J connectivity index is 2.10. The number of nitrogens with zero attached hydrogens (tertiary/aromatic N) is 5. The molecular formula is C27H31FN6O5. The lowest BCUT2D eigenvalue weighted by Gasteiger charge is -2.24. The molecule has 2 heterocycles. The van der Waals surface area contributed by atoms with Gasteiger partial charge in [0, 0.05) is 24.4 Å². The summed E-state index contributed by atoms with van der Waals surface area (Å²) in [5.74, 6) is -1.36. The first-order valence-electron chi connectivity index (χ1n) is 12.7. The standard InChI is InChI=1S/C27H31FN6O5/c1-15(19-12-17(28)9-10-18(19)25(35)37-8)38-21-11-16(13-31-23(21)29)22-20(32-34(7)24(22)30-5)14-33(6)26(36)39-27(2,3)4/h9-13,15H,14H2,1-4,6-8H3,(H2,29,31)/i14D2. The number of benzene rings is 1. The average Bonchev–Trinajstić information content (AvgIpc) is 3.24. The number of rotatable bonds is 7. The first-order chi connectivity index (χ1) is 19.0. The third kappa shape index (κ3) is 6.62. The number of hydrogen-bond donors (Lipinski definition) is 1. The molecule has 0 saturated carbocycles. The van der Waals surface area contributed by atoms with Crippen LogP contribution in [0.4, 0.5) is 20.8 Å². The molecule has 0 aliphatic carbocycles. The van der Waals surface area contributed by atoms with Gasteiger partial charge in [-0.1, -0.05) is 6.57 Å². The zero-order valence-corrected chi connectivity index (χ0v) is 22.7. The van der Waals surface area contributed by atoms with Gasteiger partial charge in [0.25, 0.3) is 5.82 Å². The second-order valence-corrected chi connectivity index (χ2v) is 9.52. The maximum absolute atomic E-state index is 14.1. The van der Waals surface area contributed by atoms with E-state index < -0.39 is 36.1 Å². The van der Waals surface area contributed by atoms with Crippen molar-refractivity contribution in [3.05, 3.63) is 64.5 Å². The molecule has 12 heteroatoms. The lowest BCUT2D eigenvalue weighted by atomic mass is 10.0. The second-order valence-electron chi connectivity index (χ2n) is 9.52. The minimum atomic E-state index is -2.52. The average molecular weight is 541 g/mol. The molecule has 11 nitrogen and oxygen atoms in total. The Bertz CT molecular complexity index is 1530. The number of aromatic nitrogens is 3. The fourth-order valence-electron chi connectivity index (χ4n) is 3.63. The van der Waals surface area contributed by atoms with Gasteiger partial charge in [0.05, 0.1) is 29.0 Å². The number of aryl methyl sites for hydroxylation is 1. The molecule has 0 aliphatic heterocycles. The van der Waals surface area contributed by atoms with Crippen molar-refractivity contribution in [2.24, 2.45) is 7.05 Å². The summed E-state index contributed by atoms with van der Waals surface area (Å²) in [4.78, 5) is 33.4. The summed E-state index contributed by atoms with van der Waals surface area (Å²) in [6.07, 6.45) is -0.529. The minimum absolute atomic E-state index is 0.0156. The molecular weight excluding hydrogens is 507 g/mol. The van der Waals surface area contributed by atoms with Gasteiger partial charge in [0.2, 0.25) is 0 Å². The van der Waals surface area contributed by atoms with Gasteiger partial charge in [0.1, 0.15) is 23.2 Å². The molecule has 206 valence electrons. The molecule has 2 N–H and O–H groups in total. The van der Waals surface area contributed by atoms with Crippen LogP contribution < -0.4 is 10.5 Å². The number of methoxy groups -OCH3 is 1. The number of anilines is 1. The van der Waals surface area contributed by atoms with Crippen LogP contribution in [0, 0.1) is 12.4 Å². The SMILES string of the molecule is [2H]C([2H])(c1nn(C)c([N+]#[C-])c1-c1cnc(N)c(OC(C)c2cc(F)ccc2C(=O)OC)c1)N(C)C(=O)OC(C)(C)C. The number of ether oxygens (including phenoxy) is 3. The smallest absolute Gasteiger partial charge is 0.410 e. The van der Waals surface area contributed by atoms with Gasteiger partial charge in [-0.2, -0.15) is 0 Å². The maximum Gasteiger partial charge on any atom is 0.410 e. The zero-order valence-electron chi connectivity index (χ0n) is 24.7. The van der Waals surface area contributed by atoms with E-state index >= 15 is 0 Å². The Morgan fingerprint density at radius 1 is 1.33 bits per heavy atom. The van der Waals surface area contributed by atoms with E-state index in [1.165, 1.54) is 44.2 Å². The molecule has 1 aromatic carbocycles. The predicted octanol–water partition coefficient (Wildman–Crippen LogP) is 5.05. The molecule has 1 atom stereocenters. The number of pyridine rings is 1. The van der Waals surface area contributed by atoms with Crippen molar-refractivity contribution in [1.29, 1.82) is 0 Å². The number of nitrogen functional groups attached to an aromatic ring is 1. The Morgan fingerprint density at radius 3 is 2.64 bits per heavy atom. The van der Waals surface area contributed by atoms with Gasteiger partial charge < -0.3 is 29.7 Å². The third-order valence-corrected chi connectivity index (χ3v) is 5.39. The van der Waals surface area contributed by atoms with Crippen LogP contribution in [0.3, 0.4) is 0 Å². The highest BCUT2D eigenvalue weighted by molar-refractivity contribution is 5.91. The Hall–Kier alpha value is -4.66. The van der Waals surface area contributed by atoms with Crippen molar-refractivity contribution in [1.82, 2.24) is 19.7 Å². The van der Waals surface area contributed by atoms with Crippen LogP contribution in [0.1, 0.15) is 58.2 Å². The lowest BCUT2D eigenvalue weighted by molar-refractivity contribution is 0.0283. The van der Waals surface area contributed by atoms with E-state index in [0.29, 0.717) is 0 Å². The summed E-state index contributed by atoms with van der Waals surface area (Å²) in [7, 11) is 3.89. The van der Waals surface area contributed by atoms with Crippen molar-refractivity contribution in [2.75, 3.05) is 19.9 Å². The number of halogens is 1. The van der Waals surface area contributed by atoms with Gasteiger partial charge in [-0.15, -0.1) is 5.10 Å². The normalized spacial score (nSPS) is 13.0. The molecule has 1 unspecified atom stereocenters. The van der Waals surface area contributed by atoms with E-state index in [0.717, 1.165) is 17.0 Å². The second kappa shape index (κ2) is 11.4. The van der Waals surface area contributed by atoms with Gasteiger partial charge in [-0.05, 0) is 57.5 Å². The highest BCUT2D eigenvalue weighted by Gasteiger charge is 2.26. The van der Waals surface area contributed by atoms with Crippen LogP contribution in [0.25, 0.3) is 16.0 Å². The summed E-state index contributed by atoms with van der Waals surface area (Å²) < 4.78 is 48.9. The minimum Gasteiger partial charge on any atom is -0.482 e. The number of amides is 1. The molecule has 3 rings (SSSR count). The van der Waals surface area contributed by atoms with Crippen molar-refractivity contribution < 1.29 is 30.9 Å². The number of carbonyl (C=O) groups is 2. The first-order valence-corrected chi connectivity index (χ1v) is 11.7. The number of esters is 1. The summed E-state index contributed by atoms with van der Waals surface area (Å²) in [6, 6.07) is 4.97. The van der Waals surface area contributed by atoms with Crippen LogP contribution in [-0.4, -0.2) is 51.5 Å². The Labute approximate surface area is 228 Å². The van der Waals surface area contributed by atoms with Crippen LogP contribution in [0.2, 0.25) is 0 Å². The fourth-order valence-corrected chi connectivity index (χ4v) is 3.63. The fraction of sp³-hybridized carbons (Fsp3) is 0.370. The van der Waals surface area contributed by atoms with Gasteiger partial charge in [-0.25, -0.2) is 23.6 Å². The molecule has 0 radical (unpaired) electrons. The Morgan fingerprint density at radius 2 is 2.03 bits per heavy atom. The molecule has 0 bridgehead atoms. The predicted molar refractivity (Wildman–Crippen MR) is 142 cm³/mol. The maximum atomic E-state index is 14.1. The van der Waals surface area contributed by atoms with Crippen LogP contribution in [0.15, 0.2) is 30.5 Å². The molecule has 1 amide bonds. The summed E-state index contributed by atoms with van der Waals surface area (Å²) in [5, 5.41) is 4.23. The number of nitrogens with two attached hydrogens (primary N) is 1. The van der Waals surface area contributed by atoms with Crippen molar-refractivity contribution in [3.8, 4) is 16.9 Å². The lowest BCUT2D eigenvalue weighted by Crippen LogP contribution is -2.34. The van der Waals surface area contributed by atoms with Gasteiger partial charge in [-0.3, -0.25) is 0 Å². The molecule has 3 aromatic rings. The van der Waals surface area contributed by atoms with Gasteiger partial charge in [0.15, 0.2) is 11.6 Å². The monoisotopic (exact) mass is 540 g/mol. The number of hydrogen-bond acceptors (Lipinski definition) is 8. The summed E-state index contributed by atoms with van der Waals surface area (Å²) in [6.45, 7) is 11.7. The van der Waals surface area contributed by atoms with Gasteiger partial charge >= 0.3 is 12.1 Å². The van der Waals surface area contributed by atoms with E-state index in [-0.39, 0.29) is 45.3 Å². The van der Waals surface area contributed by atoms with Crippen molar-refractivity contribution in [2.45, 2.75) is 45.9 Å². The Kier molecular flexibility index (Phi) is 7.58. The third-order valence-electron chi connectivity index (χ3n) is 5.39. The van der Waals surface area contributed by atoms with Crippen molar-refractivity contribution >= 4 is 23.7 Å². The molecule has 0 spiro atoms. The summed E-state index contributed by atoms with van der Waals surface area (Å²) >= 11 is 0. The van der Waals surface area contributed by atoms with Crippen LogP contribution in [-0.2, 0) is 23.0 Å². The zero-order chi connectivity index (χ0) is 30.9. The quantitative estimate of drug-likeness (QED) is 0.326. The van der Waals surface area contributed by atoms with E-state index in [2.05, 4.69) is 14.9 Å². The largest absolute Gasteiger partial charge is 0.482 e. The van der Waals surface area contributed by atoms with E-state index in [1.54, 1.807) is 27.7 Å². The molecule has 2 aromatic heterocycles. The molecule has 0 fully saturated rings.